The quantitative estimate of drug-likeness (QED) is 0.566. The summed E-state index contributed by atoms with van der Waals surface area (Å²) in [7, 11) is 1.35. The summed E-state index contributed by atoms with van der Waals surface area (Å²) >= 11 is 0. The number of hydrogen-bond acceptors (Lipinski definition) is 4. The number of hydrogen-bond donors (Lipinski definition) is 0. The van der Waals surface area contributed by atoms with Crippen LogP contribution in [0.25, 0.3) is 0 Å². The molecule has 22 heavy (non-hydrogen) atoms. The fourth-order valence-corrected chi connectivity index (χ4v) is 2.13. The van der Waals surface area contributed by atoms with Crippen LogP contribution in [0.4, 0.5) is 0 Å². The molecule has 0 aliphatic rings. The van der Waals surface area contributed by atoms with Gasteiger partial charge in [0.2, 0.25) is 0 Å². The molecule has 0 radical (unpaired) electrons. The maximum absolute atomic E-state index is 12.5. The number of ether oxygens (including phenoxy) is 2. The van der Waals surface area contributed by atoms with E-state index in [1.807, 2.05) is 25.1 Å². The van der Waals surface area contributed by atoms with Crippen LogP contribution in [0, 0.1) is 0 Å². The Morgan fingerprint density at radius 3 is 2.36 bits per heavy atom. The van der Waals surface area contributed by atoms with Crippen LogP contribution in [0.1, 0.15) is 62.9 Å². The third kappa shape index (κ3) is 5.17. The first-order valence-corrected chi connectivity index (χ1v) is 7.67. The van der Waals surface area contributed by atoms with Crippen molar-refractivity contribution in [1.82, 2.24) is 0 Å². The highest BCUT2D eigenvalue weighted by molar-refractivity contribution is 5.99. The van der Waals surface area contributed by atoms with Crippen LogP contribution in [-0.2, 0) is 14.9 Å². The zero-order chi connectivity index (χ0) is 16.8. The second kappa shape index (κ2) is 7.97. The number of Topliss-reactive ketones (excluding diaryl/α,β-unsaturated/α-hetero) is 1. The van der Waals surface area contributed by atoms with Crippen LogP contribution in [0.15, 0.2) is 18.2 Å². The van der Waals surface area contributed by atoms with E-state index in [2.05, 4.69) is 25.5 Å². The predicted octanol–water partition coefficient (Wildman–Crippen LogP) is 3.91. The number of ketones is 1. The van der Waals surface area contributed by atoms with E-state index in [9.17, 15) is 9.59 Å². The summed E-state index contributed by atoms with van der Waals surface area (Å²) in [6.07, 6.45) is 1.05. The lowest BCUT2D eigenvalue weighted by atomic mass is 9.85. The Kier molecular flexibility index (Phi) is 6.60. The first-order chi connectivity index (χ1) is 10.3. The molecule has 0 N–H and O–H groups in total. The fraction of sp³-hybridized carbons (Fsp3) is 0.556. The molecule has 4 heteroatoms. The van der Waals surface area contributed by atoms with Gasteiger partial charge in [-0.1, -0.05) is 26.8 Å². The van der Waals surface area contributed by atoms with Gasteiger partial charge in [-0.05, 0) is 36.5 Å². The normalized spacial score (nSPS) is 11.1. The monoisotopic (exact) mass is 306 g/mol. The first-order valence-electron chi connectivity index (χ1n) is 7.67. The van der Waals surface area contributed by atoms with E-state index in [4.69, 9.17) is 4.74 Å². The number of methoxy groups -OCH3 is 1. The Morgan fingerprint density at radius 1 is 1.14 bits per heavy atom. The molecule has 1 rings (SSSR count). The standard InChI is InChI=1S/C18H26O4/c1-6-22-16-11-10-13(18(2,3)4)12-14(16)15(19)8-7-9-17(20)21-5/h10-12H,6-9H2,1-5H3. The molecule has 1 aromatic rings. The van der Waals surface area contributed by atoms with E-state index in [1.165, 1.54) is 7.11 Å². The van der Waals surface area contributed by atoms with Crippen molar-refractivity contribution in [2.45, 2.75) is 52.4 Å². The third-order valence-corrected chi connectivity index (χ3v) is 3.46. The van der Waals surface area contributed by atoms with E-state index in [-0.39, 0.29) is 23.6 Å². The SMILES string of the molecule is CCOc1ccc(C(C)(C)C)cc1C(=O)CCCC(=O)OC. The molecule has 0 heterocycles. The lowest BCUT2D eigenvalue weighted by Gasteiger charge is -2.21. The smallest absolute Gasteiger partial charge is 0.305 e. The molecule has 0 aliphatic carbocycles. The van der Waals surface area contributed by atoms with Crippen LogP contribution in [0.5, 0.6) is 5.75 Å². The highest BCUT2D eigenvalue weighted by atomic mass is 16.5. The highest BCUT2D eigenvalue weighted by Gasteiger charge is 2.19. The number of carbonyl (C=O) groups excluding carboxylic acids is 2. The average Bonchev–Trinajstić information content (AvgIpc) is 2.46. The number of rotatable bonds is 7. The van der Waals surface area contributed by atoms with E-state index in [1.54, 1.807) is 0 Å². The van der Waals surface area contributed by atoms with Gasteiger partial charge in [0.05, 0.1) is 19.3 Å². The van der Waals surface area contributed by atoms with Gasteiger partial charge >= 0.3 is 5.97 Å². The van der Waals surface area contributed by atoms with Gasteiger partial charge in [0, 0.05) is 12.8 Å². The van der Waals surface area contributed by atoms with Gasteiger partial charge in [0.15, 0.2) is 5.78 Å². The summed E-state index contributed by atoms with van der Waals surface area (Å²) in [6.45, 7) is 8.72. The molecular formula is C18H26O4. The van der Waals surface area contributed by atoms with Crippen molar-refractivity contribution in [2.24, 2.45) is 0 Å². The Bertz CT molecular complexity index is 526. The van der Waals surface area contributed by atoms with Gasteiger partial charge in [-0.25, -0.2) is 0 Å². The molecule has 0 saturated carbocycles. The van der Waals surface area contributed by atoms with Crippen molar-refractivity contribution in [1.29, 1.82) is 0 Å². The van der Waals surface area contributed by atoms with E-state index in [0.29, 0.717) is 30.8 Å². The summed E-state index contributed by atoms with van der Waals surface area (Å²) in [5, 5.41) is 0. The topological polar surface area (TPSA) is 52.6 Å². The minimum atomic E-state index is -0.290. The third-order valence-electron chi connectivity index (χ3n) is 3.46. The van der Waals surface area contributed by atoms with E-state index >= 15 is 0 Å². The summed E-state index contributed by atoms with van der Waals surface area (Å²) in [6, 6.07) is 5.76. The Morgan fingerprint density at radius 2 is 1.82 bits per heavy atom. The molecule has 0 bridgehead atoms. The minimum Gasteiger partial charge on any atom is -0.493 e. The van der Waals surface area contributed by atoms with Crippen molar-refractivity contribution in [3.8, 4) is 5.75 Å². The van der Waals surface area contributed by atoms with Crippen LogP contribution < -0.4 is 4.74 Å². The highest BCUT2D eigenvalue weighted by Crippen LogP contribution is 2.29. The number of esters is 1. The van der Waals surface area contributed by atoms with Gasteiger partial charge in [0.1, 0.15) is 5.75 Å². The minimum absolute atomic E-state index is 0.00143. The van der Waals surface area contributed by atoms with Crippen molar-refractivity contribution >= 4 is 11.8 Å². The Hall–Kier alpha value is -1.84. The molecule has 0 fully saturated rings. The molecule has 122 valence electrons. The number of carbonyl (C=O) groups is 2. The lowest BCUT2D eigenvalue weighted by molar-refractivity contribution is -0.140. The van der Waals surface area contributed by atoms with Crippen LogP contribution in [-0.4, -0.2) is 25.5 Å². The zero-order valence-corrected chi connectivity index (χ0v) is 14.2. The second-order valence-electron chi connectivity index (χ2n) is 6.25. The Labute approximate surface area is 132 Å². The molecule has 0 unspecified atom stereocenters. The first kappa shape index (κ1) is 18.2. The maximum atomic E-state index is 12.5. The Balaban J connectivity index is 2.93. The maximum Gasteiger partial charge on any atom is 0.305 e. The number of benzene rings is 1. The molecule has 0 amide bonds. The summed E-state index contributed by atoms with van der Waals surface area (Å²) < 4.78 is 10.2. The van der Waals surface area contributed by atoms with Gasteiger partial charge in [-0.15, -0.1) is 0 Å². The van der Waals surface area contributed by atoms with E-state index < -0.39 is 0 Å². The summed E-state index contributed by atoms with van der Waals surface area (Å²) in [5.41, 5.74) is 1.65. The van der Waals surface area contributed by atoms with Gasteiger partial charge in [-0.2, -0.15) is 0 Å². The van der Waals surface area contributed by atoms with Crippen molar-refractivity contribution in [2.75, 3.05) is 13.7 Å². The van der Waals surface area contributed by atoms with Crippen LogP contribution in [0.2, 0.25) is 0 Å². The lowest BCUT2D eigenvalue weighted by Crippen LogP contribution is -2.13. The van der Waals surface area contributed by atoms with Gasteiger partial charge in [-0.3, -0.25) is 9.59 Å². The molecule has 0 saturated heterocycles. The molecule has 4 nitrogen and oxygen atoms in total. The molecule has 1 aromatic carbocycles. The zero-order valence-electron chi connectivity index (χ0n) is 14.2. The molecule has 0 aromatic heterocycles. The second-order valence-corrected chi connectivity index (χ2v) is 6.25. The molecular weight excluding hydrogens is 280 g/mol. The van der Waals surface area contributed by atoms with Gasteiger partial charge < -0.3 is 9.47 Å². The molecule has 0 atom stereocenters. The summed E-state index contributed by atoms with van der Waals surface area (Å²) in [5.74, 6) is 0.318. The fourth-order valence-electron chi connectivity index (χ4n) is 2.13. The van der Waals surface area contributed by atoms with Gasteiger partial charge in [0.25, 0.3) is 0 Å². The molecule has 0 spiro atoms. The van der Waals surface area contributed by atoms with Crippen molar-refractivity contribution < 1.29 is 19.1 Å². The molecule has 0 aliphatic heterocycles. The van der Waals surface area contributed by atoms with Crippen LogP contribution in [0.3, 0.4) is 0 Å². The van der Waals surface area contributed by atoms with Crippen molar-refractivity contribution in [3.05, 3.63) is 29.3 Å². The van der Waals surface area contributed by atoms with E-state index in [0.717, 1.165) is 5.56 Å². The van der Waals surface area contributed by atoms with Crippen LogP contribution >= 0.6 is 0 Å². The average molecular weight is 306 g/mol. The largest absolute Gasteiger partial charge is 0.493 e. The van der Waals surface area contributed by atoms with Crippen molar-refractivity contribution in [3.63, 3.8) is 0 Å². The summed E-state index contributed by atoms with van der Waals surface area (Å²) in [4.78, 5) is 23.6. The predicted molar refractivity (Wildman–Crippen MR) is 86.5 cm³/mol.